The standard InChI is InChI=1S/C15H33NO5/c1-2-3-5-16-6-4-8-18-10-12-20-14-15-21-13-11-19-9-7-17/h16-17H,2-15H2,1H3. The van der Waals surface area contributed by atoms with Crippen LogP contribution in [0.15, 0.2) is 0 Å². The number of hydrogen-bond acceptors (Lipinski definition) is 6. The molecule has 21 heavy (non-hydrogen) atoms. The average Bonchev–Trinajstić information content (AvgIpc) is 2.50. The maximum atomic E-state index is 8.49. The van der Waals surface area contributed by atoms with Gasteiger partial charge in [-0.1, -0.05) is 13.3 Å². The first-order valence-corrected chi connectivity index (χ1v) is 8.04. The van der Waals surface area contributed by atoms with Crippen molar-refractivity contribution in [3.05, 3.63) is 0 Å². The van der Waals surface area contributed by atoms with Gasteiger partial charge in [-0.2, -0.15) is 0 Å². The average molecular weight is 307 g/mol. The first-order valence-electron chi connectivity index (χ1n) is 8.04. The van der Waals surface area contributed by atoms with Crippen LogP contribution in [0, 0.1) is 0 Å². The summed E-state index contributed by atoms with van der Waals surface area (Å²) in [7, 11) is 0. The van der Waals surface area contributed by atoms with Gasteiger partial charge in [0.2, 0.25) is 0 Å². The Bertz CT molecular complexity index is 165. The largest absolute Gasteiger partial charge is 0.394 e. The fraction of sp³-hybridized carbons (Fsp3) is 1.00. The molecule has 0 aliphatic rings. The summed E-state index contributed by atoms with van der Waals surface area (Å²) in [6.45, 7) is 8.93. The van der Waals surface area contributed by atoms with E-state index in [1.165, 1.54) is 12.8 Å². The van der Waals surface area contributed by atoms with Gasteiger partial charge in [0.25, 0.3) is 0 Å². The second-order valence-corrected chi connectivity index (χ2v) is 4.63. The molecule has 0 atom stereocenters. The molecule has 0 saturated carbocycles. The molecule has 0 aromatic carbocycles. The molecule has 6 nitrogen and oxygen atoms in total. The third-order valence-corrected chi connectivity index (χ3v) is 2.70. The summed E-state index contributed by atoms with van der Waals surface area (Å²) in [5, 5.41) is 11.9. The van der Waals surface area contributed by atoms with Crippen LogP contribution in [-0.4, -0.2) is 77.7 Å². The predicted molar refractivity (Wildman–Crippen MR) is 82.8 cm³/mol. The molecule has 0 amide bonds. The van der Waals surface area contributed by atoms with Gasteiger partial charge in [-0.15, -0.1) is 0 Å². The SMILES string of the molecule is CCCCNCCCOCCOCCOCCOCCO. The number of nitrogens with one attached hydrogen (secondary N) is 1. The summed E-state index contributed by atoms with van der Waals surface area (Å²) in [6, 6.07) is 0. The quantitative estimate of drug-likeness (QED) is 0.366. The molecule has 0 heterocycles. The lowest BCUT2D eigenvalue weighted by molar-refractivity contribution is -0.00562. The zero-order valence-corrected chi connectivity index (χ0v) is 13.5. The van der Waals surface area contributed by atoms with Gasteiger partial charge in [-0.05, 0) is 25.9 Å². The second kappa shape index (κ2) is 19.8. The highest BCUT2D eigenvalue weighted by Gasteiger charge is 1.93. The Labute approximate surface area is 129 Å². The topological polar surface area (TPSA) is 69.2 Å². The van der Waals surface area contributed by atoms with Crippen LogP contribution in [0.2, 0.25) is 0 Å². The molecule has 0 aromatic heterocycles. The van der Waals surface area contributed by atoms with Gasteiger partial charge in [-0.3, -0.25) is 0 Å². The molecular formula is C15H33NO5. The Kier molecular flexibility index (Phi) is 19.5. The van der Waals surface area contributed by atoms with Gasteiger partial charge < -0.3 is 29.4 Å². The second-order valence-electron chi connectivity index (χ2n) is 4.63. The van der Waals surface area contributed by atoms with Crippen LogP contribution in [0.25, 0.3) is 0 Å². The normalized spacial score (nSPS) is 11.1. The van der Waals surface area contributed by atoms with E-state index in [4.69, 9.17) is 24.1 Å². The Hall–Kier alpha value is -0.240. The minimum Gasteiger partial charge on any atom is -0.394 e. The summed E-state index contributed by atoms with van der Waals surface area (Å²) in [5.41, 5.74) is 0. The van der Waals surface area contributed by atoms with Crippen LogP contribution in [0.4, 0.5) is 0 Å². The van der Waals surface area contributed by atoms with Gasteiger partial charge in [0, 0.05) is 6.61 Å². The minimum atomic E-state index is 0.0535. The molecule has 0 unspecified atom stereocenters. The number of aliphatic hydroxyl groups is 1. The minimum absolute atomic E-state index is 0.0535. The van der Waals surface area contributed by atoms with E-state index in [2.05, 4.69) is 12.2 Å². The van der Waals surface area contributed by atoms with Crippen molar-refractivity contribution in [1.82, 2.24) is 5.32 Å². The summed E-state index contributed by atoms with van der Waals surface area (Å²) in [5.74, 6) is 0. The molecule has 0 bridgehead atoms. The van der Waals surface area contributed by atoms with Crippen molar-refractivity contribution < 1.29 is 24.1 Å². The van der Waals surface area contributed by atoms with Crippen LogP contribution in [0.3, 0.4) is 0 Å². The summed E-state index contributed by atoms with van der Waals surface area (Å²) >= 11 is 0. The van der Waals surface area contributed by atoms with E-state index in [1.807, 2.05) is 0 Å². The van der Waals surface area contributed by atoms with E-state index in [0.29, 0.717) is 46.2 Å². The molecular weight excluding hydrogens is 274 g/mol. The number of rotatable bonds is 18. The van der Waals surface area contributed by atoms with Crippen LogP contribution >= 0.6 is 0 Å². The smallest absolute Gasteiger partial charge is 0.0701 e. The van der Waals surface area contributed by atoms with Crippen molar-refractivity contribution >= 4 is 0 Å². The van der Waals surface area contributed by atoms with E-state index in [1.54, 1.807) is 0 Å². The lowest BCUT2D eigenvalue weighted by Gasteiger charge is -2.07. The molecule has 0 radical (unpaired) electrons. The fourth-order valence-corrected chi connectivity index (χ4v) is 1.55. The Morgan fingerprint density at radius 2 is 1.14 bits per heavy atom. The maximum Gasteiger partial charge on any atom is 0.0701 e. The predicted octanol–water partition coefficient (Wildman–Crippen LogP) is 0.825. The molecule has 6 heteroatoms. The van der Waals surface area contributed by atoms with Gasteiger partial charge in [0.05, 0.1) is 52.9 Å². The maximum absolute atomic E-state index is 8.49. The summed E-state index contributed by atoms with van der Waals surface area (Å²) < 4.78 is 21.2. The summed E-state index contributed by atoms with van der Waals surface area (Å²) in [6.07, 6.45) is 3.52. The van der Waals surface area contributed by atoms with Gasteiger partial charge in [0.15, 0.2) is 0 Å². The number of hydrogen-bond donors (Lipinski definition) is 2. The number of ether oxygens (including phenoxy) is 4. The Morgan fingerprint density at radius 3 is 1.67 bits per heavy atom. The van der Waals surface area contributed by atoms with Crippen molar-refractivity contribution in [3.8, 4) is 0 Å². The van der Waals surface area contributed by atoms with Crippen LogP contribution in [0.5, 0.6) is 0 Å². The Balaban J connectivity index is 2.90. The van der Waals surface area contributed by atoms with Gasteiger partial charge in [-0.25, -0.2) is 0 Å². The first-order chi connectivity index (χ1) is 10.4. The van der Waals surface area contributed by atoms with Crippen molar-refractivity contribution in [1.29, 1.82) is 0 Å². The third kappa shape index (κ3) is 19.8. The molecule has 0 rings (SSSR count). The molecule has 0 aliphatic carbocycles. The van der Waals surface area contributed by atoms with E-state index >= 15 is 0 Å². The highest BCUT2D eigenvalue weighted by molar-refractivity contribution is 4.46. The van der Waals surface area contributed by atoms with Crippen LogP contribution < -0.4 is 5.32 Å². The highest BCUT2D eigenvalue weighted by Crippen LogP contribution is 1.86. The zero-order chi connectivity index (χ0) is 15.4. The number of aliphatic hydroxyl groups excluding tert-OH is 1. The summed E-state index contributed by atoms with van der Waals surface area (Å²) in [4.78, 5) is 0. The lowest BCUT2D eigenvalue weighted by Crippen LogP contribution is -2.18. The third-order valence-electron chi connectivity index (χ3n) is 2.70. The van der Waals surface area contributed by atoms with Crippen molar-refractivity contribution in [2.45, 2.75) is 26.2 Å². The Morgan fingerprint density at radius 1 is 0.667 bits per heavy atom. The van der Waals surface area contributed by atoms with Crippen LogP contribution in [-0.2, 0) is 18.9 Å². The molecule has 128 valence electrons. The first kappa shape index (κ1) is 20.8. The molecule has 0 aromatic rings. The van der Waals surface area contributed by atoms with E-state index in [0.717, 1.165) is 26.1 Å². The molecule has 2 N–H and O–H groups in total. The monoisotopic (exact) mass is 307 g/mol. The van der Waals surface area contributed by atoms with Gasteiger partial charge >= 0.3 is 0 Å². The molecule has 0 spiro atoms. The van der Waals surface area contributed by atoms with Gasteiger partial charge in [0.1, 0.15) is 0 Å². The van der Waals surface area contributed by atoms with E-state index in [9.17, 15) is 0 Å². The van der Waals surface area contributed by atoms with Crippen molar-refractivity contribution in [2.75, 3.05) is 72.6 Å². The zero-order valence-electron chi connectivity index (χ0n) is 13.5. The fourth-order valence-electron chi connectivity index (χ4n) is 1.55. The van der Waals surface area contributed by atoms with E-state index < -0.39 is 0 Å². The van der Waals surface area contributed by atoms with Crippen molar-refractivity contribution in [2.24, 2.45) is 0 Å². The number of unbranched alkanes of at least 4 members (excludes halogenated alkanes) is 1. The molecule has 0 aliphatic heterocycles. The van der Waals surface area contributed by atoms with Crippen molar-refractivity contribution in [3.63, 3.8) is 0 Å². The molecule has 0 saturated heterocycles. The van der Waals surface area contributed by atoms with Crippen LogP contribution in [0.1, 0.15) is 26.2 Å². The lowest BCUT2D eigenvalue weighted by atomic mass is 10.3. The highest BCUT2D eigenvalue weighted by atomic mass is 16.6. The molecule has 0 fully saturated rings. The van der Waals surface area contributed by atoms with E-state index in [-0.39, 0.29) is 6.61 Å².